The number of nitrogens with two attached hydrogens (primary N) is 1. The fourth-order valence-electron chi connectivity index (χ4n) is 1.43. The minimum absolute atomic E-state index is 0.661. The highest BCUT2D eigenvalue weighted by Gasteiger charge is 1.97. The average Bonchev–Trinajstić information content (AvgIpc) is 2.39. The molecule has 2 aromatic rings. The Morgan fingerprint density at radius 2 is 1.76 bits per heavy atom. The summed E-state index contributed by atoms with van der Waals surface area (Å²) >= 11 is 0. The monoisotopic (exact) mass is 223 g/mol. The number of anilines is 1. The molecular formula is C15H13NO. The maximum atomic E-state index is 5.85. The van der Waals surface area contributed by atoms with Crippen molar-refractivity contribution in [3.63, 3.8) is 0 Å². The van der Waals surface area contributed by atoms with Crippen LogP contribution in [0.3, 0.4) is 0 Å². The van der Waals surface area contributed by atoms with Gasteiger partial charge in [-0.1, -0.05) is 30.0 Å². The van der Waals surface area contributed by atoms with Gasteiger partial charge in [-0.25, -0.2) is 0 Å². The average molecular weight is 223 g/mol. The molecule has 0 aliphatic heterocycles. The molecule has 2 rings (SSSR count). The van der Waals surface area contributed by atoms with Crippen molar-refractivity contribution in [2.75, 3.05) is 12.8 Å². The first kappa shape index (κ1) is 11.1. The van der Waals surface area contributed by atoms with Crippen LogP contribution in [0.5, 0.6) is 5.75 Å². The van der Waals surface area contributed by atoms with Crippen LogP contribution < -0.4 is 10.5 Å². The smallest absolute Gasteiger partial charge is 0.120 e. The van der Waals surface area contributed by atoms with Crippen LogP contribution in [-0.2, 0) is 0 Å². The predicted molar refractivity (Wildman–Crippen MR) is 69.8 cm³/mol. The van der Waals surface area contributed by atoms with Gasteiger partial charge in [-0.15, -0.1) is 0 Å². The molecule has 2 aromatic carbocycles. The molecule has 17 heavy (non-hydrogen) atoms. The summed E-state index contributed by atoms with van der Waals surface area (Å²) in [5.74, 6) is 6.88. The van der Waals surface area contributed by atoms with E-state index in [4.69, 9.17) is 10.5 Å². The van der Waals surface area contributed by atoms with Crippen molar-refractivity contribution >= 4 is 5.69 Å². The van der Waals surface area contributed by atoms with Gasteiger partial charge in [-0.05, 0) is 30.3 Å². The molecule has 0 fully saturated rings. The van der Waals surface area contributed by atoms with E-state index in [1.165, 1.54) is 0 Å². The Morgan fingerprint density at radius 3 is 2.47 bits per heavy atom. The van der Waals surface area contributed by atoms with Gasteiger partial charge in [0.15, 0.2) is 0 Å². The van der Waals surface area contributed by atoms with E-state index in [2.05, 4.69) is 11.8 Å². The van der Waals surface area contributed by atoms with Crippen LogP contribution >= 0.6 is 0 Å². The van der Waals surface area contributed by atoms with Crippen molar-refractivity contribution < 1.29 is 4.74 Å². The number of ether oxygens (including phenoxy) is 1. The number of nitrogen functional groups attached to an aromatic ring is 1. The first-order chi connectivity index (χ1) is 8.29. The van der Waals surface area contributed by atoms with Gasteiger partial charge in [0.05, 0.1) is 12.7 Å². The molecule has 0 aliphatic rings. The van der Waals surface area contributed by atoms with Gasteiger partial charge >= 0.3 is 0 Å². The maximum Gasteiger partial charge on any atom is 0.120 e. The van der Waals surface area contributed by atoms with Gasteiger partial charge in [-0.2, -0.15) is 0 Å². The van der Waals surface area contributed by atoms with E-state index in [1.807, 2.05) is 42.5 Å². The Hall–Kier alpha value is -2.40. The minimum atomic E-state index is 0.661. The van der Waals surface area contributed by atoms with Crippen LogP contribution in [0.1, 0.15) is 11.1 Å². The zero-order valence-corrected chi connectivity index (χ0v) is 9.60. The van der Waals surface area contributed by atoms with Crippen molar-refractivity contribution in [2.24, 2.45) is 0 Å². The lowest BCUT2D eigenvalue weighted by molar-refractivity contribution is 0.415. The summed E-state index contributed by atoms with van der Waals surface area (Å²) in [7, 11) is 1.62. The molecule has 0 bridgehead atoms. The normalized spacial score (nSPS) is 9.24. The van der Waals surface area contributed by atoms with Gasteiger partial charge in [0.1, 0.15) is 5.75 Å². The molecule has 84 valence electrons. The first-order valence-corrected chi connectivity index (χ1v) is 5.30. The summed E-state index contributed by atoms with van der Waals surface area (Å²) in [6.45, 7) is 0. The van der Waals surface area contributed by atoms with Gasteiger partial charge in [0, 0.05) is 11.3 Å². The van der Waals surface area contributed by atoms with E-state index in [-0.39, 0.29) is 0 Å². The molecule has 0 atom stereocenters. The van der Waals surface area contributed by atoms with Crippen LogP contribution in [0.15, 0.2) is 48.5 Å². The zero-order valence-electron chi connectivity index (χ0n) is 9.60. The van der Waals surface area contributed by atoms with Crippen LogP contribution in [0.25, 0.3) is 0 Å². The van der Waals surface area contributed by atoms with E-state index in [1.54, 1.807) is 13.2 Å². The fourth-order valence-corrected chi connectivity index (χ4v) is 1.43. The lowest BCUT2D eigenvalue weighted by Gasteiger charge is -2.02. The van der Waals surface area contributed by atoms with E-state index in [9.17, 15) is 0 Å². The van der Waals surface area contributed by atoms with Crippen LogP contribution in [0.2, 0.25) is 0 Å². The van der Waals surface area contributed by atoms with Gasteiger partial charge in [0.25, 0.3) is 0 Å². The highest BCUT2D eigenvalue weighted by Crippen LogP contribution is 2.18. The summed E-state index contributed by atoms with van der Waals surface area (Å²) in [6, 6.07) is 15.3. The lowest BCUT2D eigenvalue weighted by atomic mass is 10.1. The van der Waals surface area contributed by atoms with Gasteiger partial charge < -0.3 is 10.5 Å². The molecule has 0 heterocycles. The Labute approximate surface area is 101 Å². The van der Waals surface area contributed by atoms with Gasteiger partial charge in [-0.3, -0.25) is 0 Å². The summed E-state index contributed by atoms with van der Waals surface area (Å²) in [6.07, 6.45) is 0. The molecule has 0 saturated carbocycles. The van der Waals surface area contributed by atoms with Crippen LogP contribution in [0.4, 0.5) is 5.69 Å². The standard InChI is InChI=1S/C15H13NO/c1-17-14-9-10-15(16)13(11-14)8-7-12-5-3-2-4-6-12/h2-6,9-11H,16H2,1H3. The molecule has 2 N–H and O–H groups in total. The molecule has 0 aliphatic carbocycles. The number of benzene rings is 2. The highest BCUT2D eigenvalue weighted by atomic mass is 16.5. The van der Waals surface area contributed by atoms with Crippen LogP contribution in [-0.4, -0.2) is 7.11 Å². The number of rotatable bonds is 1. The quantitative estimate of drug-likeness (QED) is 0.596. The van der Waals surface area contributed by atoms with Crippen molar-refractivity contribution in [2.45, 2.75) is 0 Å². The lowest BCUT2D eigenvalue weighted by Crippen LogP contribution is -1.91. The molecule has 0 radical (unpaired) electrons. The molecule has 0 saturated heterocycles. The zero-order chi connectivity index (χ0) is 12.1. The SMILES string of the molecule is COc1ccc(N)c(C#Cc2ccccc2)c1. The Bertz CT molecular complexity index is 564. The second-order valence-electron chi connectivity index (χ2n) is 3.57. The molecule has 0 spiro atoms. The summed E-state index contributed by atoms with van der Waals surface area (Å²) < 4.78 is 5.14. The molecule has 0 unspecified atom stereocenters. The summed E-state index contributed by atoms with van der Waals surface area (Å²) in [5, 5.41) is 0. The maximum absolute atomic E-state index is 5.85. The van der Waals surface area contributed by atoms with E-state index in [0.717, 1.165) is 16.9 Å². The third kappa shape index (κ3) is 2.79. The first-order valence-electron chi connectivity index (χ1n) is 5.30. The summed E-state index contributed by atoms with van der Waals surface area (Å²) in [4.78, 5) is 0. The van der Waals surface area contributed by atoms with E-state index in [0.29, 0.717) is 5.69 Å². The Morgan fingerprint density at radius 1 is 1.00 bits per heavy atom. The van der Waals surface area contributed by atoms with Gasteiger partial charge in [0.2, 0.25) is 0 Å². The fraction of sp³-hybridized carbons (Fsp3) is 0.0667. The molecule has 2 heteroatoms. The van der Waals surface area contributed by atoms with Crippen molar-refractivity contribution in [1.29, 1.82) is 0 Å². The van der Waals surface area contributed by atoms with Crippen molar-refractivity contribution in [3.8, 4) is 17.6 Å². The Balaban J connectivity index is 2.33. The third-order valence-electron chi connectivity index (χ3n) is 2.38. The highest BCUT2D eigenvalue weighted by molar-refractivity contribution is 5.59. The van der Waals surface area contributed by atoms with Crippen molar-refractivity contribution in [3.05, 3.63) is 59.7 Å². The minimum Gasteiger partial charge on any atom is -0.497 e. The van der Waals surface area contributed by atoms with E-state index >= 15 is 0 Å². The Kier molecular flexibility index (Phi) is 3.32. The number of hydrogen-bond acceptors (Lipinski definition) is 2. The predicted octanol–water partition coefficient (Wildman–Crippen LogP) is 2.68. The second kappa shape index (κ2) is 5.09. The molecule has 0 amide bonds. The van der Waals surface area contributed by atoms with Crippen LogP contribution in [0, 0.1) is 11.8 Å². The third-order valence-corrected chi connectivity index (χ3v) is 2.38. The van der Waals surface area contributed by atoms with E-state index < -0.39 is 0 Å². The number of hydrogen-bond donors (Lipinski definition) is 1. The van der Waals surface area contributed by atoms with Crippen molar-refractivity contribution in [1.82, 2.24) is 0 Å². The molecular weight excluding hydrogens is 210 g/mol. The topological polar surface area (TPSA) is 35.2 Å². The number of methoxy groups -OCH3 is 1. The largest absolute Gasteiger partial charge is 0.497 e. The summed E-state index contributed by atoms with van der Waals surface area (Å²) in [5.41, 5.74) is 8.26. The molecule has 0 aromatic heterocycles. The second-order valence-corrected chi connectivity index (χ2v) is 3.57. The molecule has 2 nitrogen and oxygen atoms in total.